The molecular formula is C18H13FO4S. The first kappa shape index (κ1) is 15.1. The van der Waals surface area contributed by atoms with Crippen molar-refractivity contribution in [2.45, 2.75) is 4.90 Å². The summed E-state index contributed by atoms with van der Waals surface area (Å²) in [5.41, 5.74) is 1.80. The van der Waals surface area contributed by atoms with E-state index in [2.05, 4.69) is 0 Å². The van der Waals surface area contributed by atoms with Crippen molar-refractivity contribution < 1.29 is 23.4 Å². The molecule has 0 radical (unpaired) electrons. The molecule has 122 valence electrons. The lowest BCUT2D eigenvalue weighted by Crippen LogP contribution is -2.12. The van der Waals surface area contributed by atoms with Crippen LogP contribution in [0.1, 0.15) is 15.9 Å². The number of methoxy groups -OCH3 is 1. The lowest BCUT2D eigenvalue weighted by atomic mass is 10.0. The van der Waals surface area contributed by atoms with Crippen molar-refractivity contribution in [2.75, 3.05) is 19.7 Å². The van der Waals surface area contributed by atoms with Crippen LogP contribution in [0.15, 0.2) is 40.8 Å². The minimum Gasteiger partial charge on any atom is -0.493 e. The van der Waals surface area contributed by atoms with Gasteiger partial charge < -0.3 is 14.2 Å². The molecule has 0 atom stereocenters. The monoisotopic (exact) mass is 344 g/mol. The fraction of sp³-hybridized carbons (Fsp3) is 0.167. The lowest BCUT2D eigenvalue weighted by molar-refractivity contribution is 0.103. The molecule has 0 bridgehead atoms. The molecule has 4 rings (SSSR count). The van der Waals surface area contributed by atoms with Gasteiger partial charge in [-0.3, -0.25) is 4.79 Å². The van der Waals surface area contributed by atoms with Crippen LogP contribution in [0, 0.1) is 5.82 Å². The van der Waals surface area contributed by atoms with Gasteiger partial charge in [0, 0.05) is 21.8 Å². The second kappa shape index (κ2) is 5.87. The molecule has 2 aromatic carbocycles. The highest BCUT2D eigenvalue weighted by atomic mass is 32.2. The minimum atomic E-state index is -0.409. The number of Topliss-reactive ketones (excluding diaryl/α,β-unsaturated/α-hetero) is 1. The fourth-order valence-electron chi connectivity index (χ4n) is 2.74. The number of hydrogen-bond acceptors (Lipinski definition) is 5. The van der Waals surface area contributed by atoms with E-state index in [0.717, 1.165) is 10.5 Å². The number of benzene rings is 2. The zero-order chi connectivity index (χ0) is 16.7. The molecule has 6 heteroatoms. The van der Waals surface area contributed by atoms with Gasteiger partial charge in [0.25, 0.3) is 0 Å². The summed E-state index contributed by atoms with van der Waals surface area (Å²) in [5, 5.41) is 0. The number of halogens is 1. The molecule has 0 aliphatic carbocycles. The van der Waals surface area contributed by atoms with Crippen LogP contribution in [0.3, 0.4) is 0 Å². The lowest BCUT2D eigenvalue weighted by Gasteiger charge is -2.17. The molecule has 0 spiro atoms. The van der Waals surface area contributed by atoms with Crippen molar-refractivity contribution in [3.05, 3.63) is 52.8 Å². The normalized spacial score (nSPS) is 17.1. The van der Waals surface area contributed by atoms with E-state index in [-0.39, 0.29) is 12.6 Å². The SMILES string of the molecule is COc1cc(/C=C2\CSc3ccc(F)cc3C2=O)cc2c1OCO2. The Labute approximate surface area is 142 Å². The smallest absolute Gasteiger partial charge is 0.231 e. The fourth-order valence-corrected chi connectivity index (χ4v) is 3.74. The number of rotatable bonds is 2. The molecule has 0 saturated carbocycles. The summed E-state index contributed by atoms with van der Waals surface area (Å²) in [4.78, 5) is 13.4. The van der Waals surface area contributed by atoms with Crippen LogP contribution < -0.4 is 14.2 Å². The highest BCUT2D eigenvalue weighted by Gasteiger charge is 2.24. The van der Waals surface area contributed by atoms with E-state index < -0.39 is 5.82 Å². The van der Waals surface area contributed by atoms with Gasteiger partial charge >= 0.3 is 0 Å². The Kier molecular flexibility index (Phi) is 3.69. The molecule has 0 fully saturated rings. The van der Waals surface area contributed by atoms with E-state index in [1.165, 1.54) is 23.9 Å². The number of carbonyl (C=O) groups is 1. The van der Waals surface area contributed by atoms with E-state index in [0.29, 0.717) is 34.1 Å². The topological polar surface area (TPSA) is 44.8 Å². The van der Waals surface area contributed by atoms with Gasteiger partial charge in [-0.25, -0.2) is 4.39 Å². The van der Waals surface area contributed by atoms with Crippen molar-refractivity contribution in [3.63, 3.8) is 0 Å². The van der Waals surface area contributed by atoms with Gasteiger partial charge in [-0.2, -0.15) is 0 Å². The average molecular weight is 344 g/mol. The first-order chi connectivity index (χ1) is 11.7. The second-order valence-corrected chi connectivity index (χ2v) is 6.40. The standard InChI is InChI=1S/C18H13FO4S/c1-21-14-5-10(6-15-18(14)23-9-22-15)4-11-8-24-16-3-2-12(19)7-13(16)17(11)20/h2-7H,8-9H2,1H3/b11-4+. The third-order valence-electron chi connectivity index (χ3n) is 3.88. The number of hydrogen-bond donors (Lipinski definition) is 0. The molecule has 0 saturated heterocycles. The Balaban J connectivity index is 1.73. The van der Waals surface area contributed by atoms with E-state index in [9.17, 15) is 9.18 Å². The molecule has 2 aliphatic rings. The van der Waals surface area contributed by atoms with Gasteiger partial charge in [0.1, 0.15) is 5.82 Å². The molecule has 4 nitrogen and oxygen atoms in total. The largest absolute Gasteiger partial charge is 0.493 e. The maximum Gasteiger partial charge on any atom is 0.231 e. The molecule has 2 aromatic rings. The van der Waals surface area contributed by atoms with E-state index in [4.69, 9.17) is 14.2 Å². The first-order valence-corrected chi connectivity index (χ1v) is 8.29. The molecule has 24 heavy (non-hydrogen) atoms. The molecule has 2 aliphatic heterocycles. The Morgan fingerprint density at radius 1 is 1.25 bits per heavy atom. The zero-order valence-corrected chi connectivity index (χ0v) is 13.6. The van der Waals surface area contributed by atoms with Gasteiger partial charge in [0.2, 0.25) is 12.5 Å². The van der Waals surface area contributed by atoms with Crippen LogP contribution in [-0.2, 0) is 0 Å². The Bertz CT molecular complexity index is 876. The summed E-state index contributed by atoms with van der Waals surface area (Å²) < 4.78 is 29.5. The molecule has 2 heterocycles. The highest BCUT2D eigenvalue weighted by molar-refractivity contribution is 7.99. The van der Waals surface area contributed by atoms with Crippen molar-refractivity contribution >= 4 is 23.6 Å². The average Bonchev–Trinajstić information content (AvgIpc) is 3.05. The number of carbonyl (C=O) groups excluding carboxylic acids is 1. The predicted octanol–water partition coefficient (Wildman–Crippen LogP) is 3.94. The van der Waals surface area contributed by atoms with Crippen LogP contribution in [0.4, 0.5) is 4.39 Å². The Morgan fingerprint density at radius 2 is 2.12 bits per heavy atom. The first-order valence-electron chi connectivity index (χ1n) is 7.31. The van der Waals surface area contributed by atoms with E-state index in [1.807, 2.05) is 0 Å². The number of fused-ring (bicyclic) bond motifs is 2. The summed E-state index contributed by atoms with van der Waals surface area (Å²) in [6.45, 7) is 0.146. The van der Waals surface area contributed by atoms with Crippen LogP contribution in [0.5, 0.6) is 17.2 Å². The van der Waals surface area contributed by atoms with Crippen molar-refractivity contribution in [2.24, 2.45) is 0 Å². The van der Waals surface area contributed by atoms with Crippen LogP contribution in [-0.4, -0.2) is 25.4 Å². The quantitative estimate of drug-likeness (QED) is 0.772. The van der Waals surface area contributed by atoms with Crippen LogP contribution in [0.25, 0.3) is 6.08 Å². The third kappa shape index (κ3) is 2.53. The van der Waals surface area contributed by atoms with Crippen LogP contribution >= 0.6 is 11.8 Å². The predicted molar refractivity (Wildman–Crippen MR) is 88.5 cm³/mol. The molecule has 0 aromatic heterocycles. The van der Waals surface area contributed by atoms with Crippen molar-refractivity contribution in [1.29, 1.82) is 0 Å². The van der Waals surface area contributed by atoms with Gasteiger partial charge in [-0.15, -0.1) is 11.8 Å². The minimum absolute atomic E-state index is 0.146. The number of ketones is 1. The highest BCUT2D eigenvalue weighted by Crippen LogP contribution is 2.42. The summed E-state index contributed by atoms with van der Waals surface area (Å²) >= 11 is 1.52. The summed E-state index contributed by atoms with van der Waals surface area (Å²) in [5.74, 6) is 1.68. The molecule has 0 unspecified atom stereocenters. The third-order valence-corrected chi connectivity index (χ3v) is 5.01. The van der Waals surface area contributed by atoms with Crippen LogP contribution in [0.2, 0.25) is 0 Å². The summed E-state index contributed by atoms with van der Waals surface area (Å²) in [6.07, 6.45) is 1.79. The molecule has 0 N–H and O–H groups in total. The Hall–Kier alpha value is -2.47. The van der Waals surface area contributed by atoms with Gasteiger partial charge in [0.15, 0.2) is 17.3 Å². The van der Waals surface area contributed by atoms with E-state index in [1.54, 1.807) is 31.4 Å². The van der Waals surface area contributed by atoms with Crippen molar-refractivity contribution in [3.8, 4) is 17.2 Å². The van der Waals surface area contributed by atoms with Gasteiger partial charge in [-0.05, 0) is 42.0 Å². The van der Waals surface area contributed by atoms with Gasteiger partial charge in [0.05, 0.1) is 7.11 Å². The maximum atomic E-state index is 13.4. The number of ether oxygens (including phenoxy) is 3. The number of thioether (sulfide) groups is 1. The molecular weight excluding hydrogens is 331 g/mol. The zero-order valence-electron chi connectivity index (χ0n) is 12.8. The summed E-state index contributed by atoms with van der Waals surface area (Å²) in [6, 6.07) is 7.90. The van der Waals surface area contributed by atoms with E-state index >= 15 is 0 Å². The Morgan fingerprint density at radius 3 is 2.96 bits per heavy atom. The summed E-state index contributed by atoms with van der Waals surface area (Å²) in [7, 11) is 1.55. The van der Waals surface area contributed by atoms with Crippen molar-refractivity contribution in [1.82, 2.24) is 0 Å². The van der Waals surface area contributed by atoms with Gasteiger partial charge in [-0.1, -0.05) is 0 Å². The molecule has 0 amide bonds. The second-order valence-electron chi connectivity index (χ2n) is 5.38. The maximum absolute atomic E-state index is 13.4.